The van der Waals surface area contributed by atoms with Crippen LogP contribution < -0.4 is 15.1 Å². The fourth-order valence-corrected chi connectivity index (χ4v) is 3.30. The summed E-state index contributed by atoms with van der Waals surface area (Å²) in [6, 6.07) is 10.6. The lowest BCUT2D eigenvalue weighted by atomic mass is 10.2. The van der Waals surface area contributed by atoms with E-state index in [1.54, 1.807) is 25.1 Å². The predicted octanol–water partition coefficient (Wildman–Crippen LogP) is 3.49. The molecule has 6 nitrogen and oxygen atoms in total. The highest BCUT2D eigenvalue weighted by atomic mass is 35.5. The molecule has 1 aliphatic heterocycles. The van der Waals surface area contributed by atoms with Crippen molar-refractivity contribution in [2.45, 2.75) is 13.3 Å². The number of benzene rings is 1. The molecule has 0 aliphatic carbocycles. The summed E-state index contributed by atoms with van der Waals surface area (Å²) in [4.78, 5) is 23.0. The van der Waals surface area contributed by atoms with Gasteiger partial charge in [0.25, 0.3) is 5.91 Å². The molecular formula is C21H29ClFN5O. The second-order valence-electron chi connectivity index (χ2n) is 7.12. The molecule has 2 aromatic rings. The summed E-state index contributed by atoms with van der Waals surface area (Å²) in [7, 11) is 3.48. The number of hydrogen-bond donors (Lipinski definition) is 1. The first kappa shape index (κ1) is 22.7. The molecule has 0 bridgehead atoms. The Balaban J connectivity index is 0.00000300. The molecule has 0 saturated carbocycles. The number of halogens is 2. The summed E-state index contributed by atoms with van der Waals surface area (Å²) in [5.74, 6) is 1.20. The van der Waals surface area contributed by atoms with Gasteiger partial charge in [0, 0.05) is 46.8 Å². The number of para-hydroxylation sites is 1. The Kier molecular flexibility index (Phi) is 8.08. The fraction of sp³-hybridized carbons (Fsp3) is 0.429. The summed E-state index contributed by atoms with van der Waals surface area (Å²) >= 11 is 0. The van der Waals surface area contributed by atoms with E-state index in [1.807, 2.05) is 24.3 Å². The zero-order valence-corrected chi connectivity index (χ0v) is 18.0. The number of nitrogens with zero attached hydrogens (tertiary/aromatic N) is 4. The van der Waals surface area contributed by atoms with Gasteiger partial charge >= 0.3 is 0 Å². The maximum atomic E-state index is 14.0. The van der Waals surface area contributed by atoms with Crippen molar-refractivity contribution in [3.63, 3.8) is 0 Å². The maximum absolute atomic E-state index is 14.0. The molecule has 1 aliphatic rings. The van der Waals surface area contributed by atoms with E-state index in [4.69, 9.17) is 4.98 Å². The molecule has 8 heteroatoms. The largest absolute Gasteiger partial charge is 0.369 e. The summed E-state index contributed by atoms with van der Waals surface area (Å²) in [5, 5.41) is 3.28. The quantitative estimate of drug-likeness (QED) is 0.773. The average Bonchev–Trinajstić information content (AvgIpc) is 2.72. The Bertz CT molecular complexity index is 824. The van der Waals surface area contributed by atoms with Crippen molar-refractivity contribution in [3.05, 3.63) is 47.8 Å². The van der Waals surface area contributed by atoms with E-state index in [0.29, 0.717) is 17.1 Å². The van der Waals surface area contributed by atoms with Gasteiger partial charge in [-0.15, -0.1) is 12.4 Å². The highest BCUT2D eigenvalue weighted by molar-refractivity contribution is 5.98. The van der Waals surface area contributed by atoms with Crippen molar-refractivity contribution in [2.75, 3.05) is 61.9 Å². The molecule has 3 rings (SSSR count). The zero-order chi connectivity index (χ0) is 20.1. The van der Waals surface area contributed by atoms with Crippen LogP contribution in [0.4, 0.5) is 21.7 Å². The molecule has 0 unspecified atom stereocenters. The molecule has 0 spiro atoms. The number of anilines is 3. The van der Waals surface area contributed by atoms with Crippen molar-refractivity contribution in [3.8, 4) is 0 Å². The van der Waals surface area contributed by atoms with Crippen LogP contribution >= 0.6 is 12.4 Å². The lowest BCUT2D eigenvalue weighted by molar-refractivity contribution is 0.0828. The van der Waals surface area contributed by atoms with E-state index in [0.717, 1.165) is 45.0 Å². The molecule has 2 heterocycles. The molecule has 1 N–H and O–H groups in total. The summed E-state index contributed by atoms with van der Waals surface area (Å²) in [6.45, 7) is 5.76. The maximum Gasteiger partial charge on any atom is 0.257 e. The minimum Gasteiger partial charge on any atom is -0.369 e. The summed E-state index contributed by atoms with van der Waals surface area (Å²) in [6.07, 6.45) is 0.947. The fourth-order valence-electron chi connectivity index (χ4n) is 3.30. The van der Waals surface area contributed by atoms with Gasteiger partial charge in [-0.3, -0.25) is 4.79 Å². The average molecular weight is 422 g/mol. The van der Waals surface area contributed by atoms with Gasteiger partial charge in [0.2, 0.25) is 0 Å². The SMILES string of the molecule is CCCNc1nc(N2CCN(c3ccccc3F)CC2)ccc1C(=O)N(C)C.Cl. The molecular weight excluding hydrogens is 393 g/mol. The number of piperazine rings is 1. The summed E-state index contributed by atoms with van der Waals surface area (Å²) < 4.78 is 14.0. The first-order chi connectivity index (χ1) is 13.5. The number of amides is 1. The molecule has 0 atom stereocenters. The van der Waals surface area contributed by atoms with Gasteiger partial charge in [-0.2, -0.15) is 0 Å². The van der Waals surface area contributed by atoms with E-state index in [9.17, 15) is 9.18 Å². The number of carbonyl (C=O) groups excluding carboxylic acids is 1. The third-order valence-electron chi connectivity index (χ3n) is 4.86. The normalized spacial score (nSPS) is 13.7. The number of aromatic nitrogens is 1. The van der Waals surface area contributed by atoms with Crippen LogP contribution in [0.25, 0.3) is 0 Å². The Morgan fingerprint density at radius 3 is 2.38 bits per heavy atom. The Morgan fingerprint density at radius 2 is 1.76 bits per heavy atom. The van der Waals surface area contributed by atoms with Crippen LogP contribution in [0.5, 0.6) is 0 Å². The number of rotatable bonds is 6. The monoisotopic (exact) mass is 421 g/mol. The molecule has 1 aromatic heterocycles. The highest BCUT2D eigenvalue weighted by Crippen LogP contribution is 2.24. The van der Waals surface area contributed by atoms with Crippen molar-refractivity contribution in [1.82, 2.24) is 9.88 Å². The smallest absolute Gasteiger partial charge is 0.257 e. The van der Waals surface area contributed by atoms with E-state index in [2.05, 4.69) is 22.0 Å². The first-order valence-electron chi connectivity index (χ1n) is 9.72. The van der Waals surface area contributed by atoms with Gasteiger partial charge in [-0.25, -0.2) is 9.37 Å². The number of pyridine rings is 1. The molecule has 0 radical (unpaired) electrons. The molecule has 158 valence electrons. The van der Waals surface area contributed by atoms with E-state index >= 15 is 0 Å². The first-order valence-corrected chi connectivity index (χ1v) is 9.72. The number of carbonyl (C=O) groups is 1. The summed E-state index contributed by atoms with van der Waals surface area (Å²) in [5.41, 5.74) is 1.22. The second kappa shape index (κ2) is 10.3. The van der Waals surface area contributed by atoms with Crippen molar-refractivity contribution in [2.24, 2.45) is 0 Å². The third kappa shape index (κ3) is 5.29. The van der Waals surface area contributed by atoms with Crippen LogP contribution in [-0.2, 0) is 0 Å². The van der Waals surface area contributed by atoms with E-state index in [1.165, 1.54) is 6.07 Å². The lowest BCUT2D eigenvalue weighted by Gasteiger charge is -2.37. The van der Waals surface area contributed by atoms with Gasteiger partial charge in [0.1, 0.15) is 17.5 Å². The molecule has 1 saturated heterocycles. The zero-order valence-electron chi connectivity index (χ0n) is 17.2. The Morgan fingerprint density at radius 1 is 1.10 bits per heavy atom. The van der Waals surface area contributed by atoms with Crippen LogP contribution in [0.3, 0.4) is 0 Å². The van der Waals surface area contributed by atoms with Gasteiger partial charge in [-0.1, -0.05) is 19.1 Å². The standard InChI is InChI=1S/C21H28FN5O.ClH/c1-4-11-23-20-16(21(28)25(2)3)9-10-19(24-20)27-14-12-26(13-15-27)18-8-6-5-7-17(18)22;/h5-10H,4,11-15H2,1-3H3,(H,23,24);1H. The molecule has 29 heavy (non-hydrogen) atoms. The minimum atomic E-state index is -0.188. The van der Waals surface area contributed by atoms with Crippen LogP contribution in [0.2, 0.25) is 0 Å². The van der Waals surface area contributed by atoms with Crippen LogP contribution in [-0.4, -0.2) is 62.6 Å². The van der Waals surface area contributed by atoms with Gasteiger partial charge < -0.3 is 20.0 Å². The van der Waals surface area contributed by atoms with Crippen LogP contribution in [0.15, 0.2) is 36.4 Å². The van der Waals surface area contributed by atoms with Gasteiger partial charge in [-0.05, 0) is 30.7 Å². The second-order valence-corrected chi connectivity index (χ2v) is 7.12. The van der Waals surface area contributed by atoms with Crippen molar-refractivity contribution >= 4 is 35.6 Å². The molecule has 1 fully saturated rings. The van der Waals surface area contributed by atoms with Crippen molar-refractivity contribution < 1.29 is 9.18 Å². The van der Waals surface area contributed by atoms with Crippen LogP contribution in [0.1, 0.15) is 23.7 Å². The van der Waals surface area contributed by atoms with Gasteiger partial charge in [0.15, 0.2) is 0 Å². The Labute approximate surface area is 178 Å². The lowest BCUT2D eigenvalue weighted by Crippen LogP contribution is -2.47. The number of nitrogens with one attached hydrogen (secondary N) is 1. The Hall–Kier alpha value is -2.54. The van der Waals surface area contributed by atoms with E-state index in [-0.39, 0.29) is 24.1 Å². The topological polar surface area (TPSA) is 51.7 Å². The predicted molar refractivity (Wildman–Crippen MR) is 119 cm³/mol. The number of hydrogen-bond acceptors (Lipinski definition) is 5. The van der Waals surface area contributed by atoms with Gasteiger partial charge in [0.05, 0.1) is 11.3 Å². The molecule has 1 aromatic carbocycles. The minimum absolute atomic E-state index is 0. The highest BCUT2D eigenvalue weighted by Gasteiger charge is 2.22. The van der Waals surface area contributed by atoms with Crippen molar-refractivity contribution in [1.29, 1.82) is 0 Å². The third-order valence-corrected chi connectivity index (χ3v) is 4.86. The van der Waals surface area contributed by atoms with E-state index < -0.39 is 0 Å². The molecule has 1 amide bonds. The van der Waals surface area contributed by atoms with Crippen LogP contribution in [0, 0.1) is 5.82 Å².